The number of rotatable bonds is 8. The molecule has 0 atom stereocenters. The van der Waals surface area contributed by atoms with Crippen molar-refractivity contribution in [3.05, 3.63) is 145 Å². The third kappa shape index (κ3) is 7.22. The van der Waals surface area contributed by atoms with Gasteiger partial charge in [-0.3, -0.25) is 9.59 Å². The monoisotopic (exact) mass is 569 g/mol. The van der Waals surface area contributed by atoms with Gasteiger partial charge in [0.2, 0.25) is 0 Å². The molecule has 43 heavy (non-hydrogen) atoms. The molecule has 0 bridgehead atoms. The predicted molar refractivity (Wildman–Crippen MR) is 171 cm³/mol. The average molecular weight is 570 g/mol. The van der Waals surface area contributed by atoms with E-state index in [4.69, 9.17) is 0 Å². The third-order valence-electron chi connectivity index (χ3n) is 6.37. The number of hydrogen-bond donors (Lipinski definition) is 3. The highest BCUT2D eigenvalue weighted by Crippen LogP contribution is 2.22. The fourth-order valence-corrected chi connectivity index (χ4v) is 4.22. The summed E-state index contributed by atoms with van der Waals surface area (Å²) in [6, 6.07) is 33.1. The second-order valence-corrected chi connectivity index (χ2v) is 9.18. The number of anilines is 4. The molecule has 0 saturated heterocycles. The second-order valence-electron chi connectivity index (χ2n) is 9.18. The Bertz CT molecular complexity index is 1610. The SMILES string of the molecule is CC.O=C(Nc1ccc(Nc2ccc(NC(=O)c3ccc(-n4cccn4)cc3)cc2)cc1)c1ccc(-n2cccn2)cc1. The van der Waals surface area contributed by atoms with E-state index in [-0.39, 0.29) is 11.8 Å². The molecule has 0 aliphatic heterocycles. The fraction of sp³-hybridized carbons (Fsp3) is 0.0588. The zero-order chi connectivity index (χ0) is 30.0. The van der Waals surface area contributed by atoms with Gasteiger partial charge in [0.1, 0.15) is 0 Å². The maximum Gasteiger partial charge on any atom is 0.255 e. The van der Waals surface area contributed by atoms with E-state index in [0.29, 0.717) is 22.5 Å². The highest BCUT2D eigenvalue weighted by Gasteiger charge is 2.09. The van der Waals surface area contributed by atoms with Gasteiger partial charge in [-0.1, -0.05) is 13.8 Å². The number of carbonyl (C=O) groups is 2. The van der Waals surface area contributed by atoms with Crippen LogP contribution in [-0.4, -0.2) is 31.4 Å². The average Bonchev–Trinajstić information content (AvgIpc) is 3.80. The first-order valence-corrected chi connectivity index (χ1v) is 13.9. The van der Waals surface area contributed by atoms with Gasteiger partial charge in [-0.25, -0.2) is 9.36 Å². The largest absolute Gasteiger partial charge is 0.356 e. The van der Waals surface area contributed by atoms with Gasteiger partial charge < -0.3 is 16.0 Å². The Hall–Kier alpha value is -5.96. The van der Waals surface area contributed by atoms with E-state index in [1.807, 2.05) is 111 Å². The summed E-state index contributed by atoms with van der Waals surface area (Å²) in [5.41, 5.74) is 5.98. The minimum atomic E-state index is -0.191. The summed E-state index contributed by atoms with van der Waals surface area (Å²) in [6.07, 6.45) is 7.11. The van der Waals surface area contributed by atoms with E-state index >= 15 is 0 Å². The first-order valence-electron chi connectivity index (χ1n) is 13.9. The van der Waals surface area contributed by atoms with E-state index in [1.165, 1.54) is 0 Å². The number of carbonyl (C=O) groups excluding carboxylic acids is 2. The summed E-state index contributed by atoms with van der Waals surface area (Å²) in [6.45, 7) is 4.00. The van der Waals surface area contributed by atoms with Crippen molar-refractivity contribution in [2.24, 2.45) is 0 Å². The number of hydrogen-bond acceptors (Lipinski definition) is 5. The van der Waals surface area contributed by atoms with Crippen LogP contribution in [0.1, 0.15) is 34.6 Å². The first kappa shape index (κ1) is 28.6. The molecule has 0 unspecified atom stereocenters. The Morgan fingerprint density at radius 3 is 1.19 bits per heavy atom. The topological polar surface area (TPSA) is 106 Å². The zero-order valence-electron chi connectivity index (χ0n) is 23.8. The predicted octanol–water partition coefficient (Wildman–Crippen LogP) is 7.33. The molecule has 6 aromatic rings. The molecular weight excluding hydrogens is 538 g/mol. The summed E-state index contributed by atoms with van der Waals surface area (Å²) in [4.78, 5) is 25.3. The number of benzene rings is 4. The standard InChI is InChI=1S/C32H25N7O2.C2H6/c40-31(23-3-15-29(16-4-23)38-21-1-19-33-38)36-27-11-7-25(8-12-27)35-26-9-13-28(14-10-26)37-32(41)24-5-17-30(18-6-24)39-22-2-20-34-39;1-2/h1-22,35H,(H,36,40)(H,37,41);1-2H3. The van der Waals surface area contributed by atoms with Crippen LogP contribution in [-0.2, 0) is 0 Å². The third-order valence-corrected chi connectivity index (χ3v) is 6.37. The molecule has 9 nitrogen and oxygen atoms in total. The van der Waals surface area contributed by atoms with Crippen LogP contribution in [0.25, 0.3) is 11.4 Å². The molecule has 2 amide bonds. The molecule has 214 valence electrons. The van der Waals surface area contributed by atoms with Crippen LogP contribution in [0.15, 0.2) is 134 Å². The lowest BCUT2D eigenvalue weighted by Gasteiger charge is -2.11. The van der Waals surface area contributed by atoms with Crippen molar-refractivity contribution < 1.29 is 9.59 Å². The van der Waals surface area contributed by atoms with Gasteiger partial charge in [-0.15, -0.1) is 0 Å². The quantitative estimate of drug-likeness (QED) is 0.178. The van der Waals surface area contributed by atoms with Crippen molar-refractivity contribution in [2.45, 2.75) is 13.8 Å². The second kappa shape index (κ2) is 13.6. The minimum absolute atomic E-state index is 0.191. The van der Waals surface area contributed by atoms with E-state index in [1.54, 1.807) is 46.0 Å². The molecule has 0 aliphatic rings. The number of aromatic nitrogens is 4. The molecule has 0 spiro atoms. The van der Waals surface area contributed by atoms with Gasteiger partial charge in [0.15, 0.2) is 0 Å². The van der Waals surface area contributed by atoms with Crippen LogP contribution in [0.4, 0.5) is 22.7 Å². The van der Waals surface area contributed by atoms with E-state index in [2.05, 4.69) is 26.1 Å². The maximum atomic E-state index is 12.7. The van der Waals surface area contributed by atoms with E-state index in [0.717, 1.165) is 22.7 Å². The number of amides is 2. The molecule has 6 rings (SSSR count). The van der Waals surface area contributed by atoms with Crippen molar-refractivity contribution >= 4 is 34.6 Å². The number of nitrogens with one attached hydrogen (secondary N) is 3. The van der Waals surface area contributed by atoms with Crippen LogP contribution in [0.5, 0.6) is 0 Å². The molecule has 0 radical (unpaired) electrons. The molecule has 4 aromatic carbocycles. The Kier molecular flexibility index (Phi) is 9.03. The van der Waals surface area contributed by atoms with Crippen molar-refractivity contribution in [2.75, 3.05) is 16.0 Å². The van der Waals surface area contributed by atoms with Crippen LogP contribution >= 0.6 is 0 Å². The molecule has 0 saturated carbocycles. The Balaban J connectivity index is 0.00000180. The fourth-order valence-electron chi connectivity index (χ4n) is 4.22. The first-order chi connectivity index (χ1) is 21.1. The lowest BCUT2D eigenvalue weighted by atomic mass is 10.2. The summed E-state index contributed by atoms with van der Waals surface area (Å²) < 4.78 is 3.47. The van der Waals surface area contributed by atoms with Crippen LogP contribution in [0, 0.1) is 0 Å². The smallest absolute Gasteiger partial charge is 0.255 e. The Morgan fingerprint density at radius 2 is 0.860 bits per heavy atom. The van der Waals surface area contributed by atoms with Crippen molar-refractivity contribution in [3.63, 3.8) is 0 Å². The van der Waals surface area contributed by atoms with Crippen molar-refractivity contribution in [1.82, 2.24) is 19.6 Å². The van der Waals surface area contributed by atoms with Gasteiger partial charge in [0.25, 0.3) is 11.8 Å². The lowest BCUT2D eigenvalue weighted by molar-refractivity contribution is 0.101. The van der Waals surface area contributed by atoms with Crippen molar-refractivity contribution in [3.8, 4) is 11.4 Å². The van der Waals surface area contributed by atoms with Gasteiger partial charge in [0, 0.05) is 58.7 Å². The normalized spacial score (nSPS) is 10.3. The summed E-state index contributed by atoms with van der Waals surface area (Å²) in [5.74, 6) is -0.381. The van der Waals surface area contributed by atoms with Gasteiger partial charge in [-0.2, -0.15) is 10.2 Å². The number of nitrogens with zero attached hydrogens (tertiary/aromatic N) is 4. The molecule has 0 fully saturated rings. The molecule has 3 N–H and O–H groups in total. The summed E-state index contributed by atoms with van der Waals surface area (Å²) >= 11 is 0. The molecular formula is C34H31N7O2. The van der Waals surface area contributed by atoms with Gasteiger partial charge in [0.05, 0.1) is 11.4 Å². The molecule has 0 aliphatic carbocycles. The van der Waals surface area contributed by atoms with Gasteiger partial charge in [-0.05, 0) is 109 Å². The molecule has 9 heteroatoms. The Labute approximate surface area is 249 Å². The minimum Gasteiger partial charge on any atom is -0.356 e. The molecule has 2 heterocycles. The van der Waals surface area contributed by atoms with Gasteiger partial charge >= 0.3 is 0 Å². The van der Waals surface area contributed by atoms with Crippen LogP contribution in [0.3, 0.4) is 0 Å². The highest BCUT2D eigenvalue weighted by atomic mass is 16.2. The van der Waals surface area contributed by atoms with Crippen molar-refractivity contribution in [1.29, 1.82) is 0 Å². The summed E-state index contributed by atoms with van der Waals surface area (Å²) in [7, 11) is 0. The molecule has 2 aromatic heterocycles. The zero-order valence-corrected chi connectivity index (χ0v) is 23.8. The van der Waals surface area contributed by atoms with Crippen LogP contribution in [0.2, 0.25) is 0 Å². The Morgan fingerprint density at radius 1 is 0.512 bits per heavy atom. The lowest BCUT2D eigenvalue weighted by Crippen LogP contribution is -2.12. The van der Waals surface area contributed by atoms with E-state index in [9.17, 15) is 9.59 Å². The maximum absolute atomic E-state index is 12.7. The highest BCUT2D eigenvalue weighted by molar-refractivity contribution is 6.05. The van der Waals surface area contributed by atoms with E-state index < -0.39 is 0 Å². The van der Waals surface area contributed by atoms with Crippen LogP contribution < -0.4 is 16.0 Å². The summed E-state index contributed by atoms with van der Waals surface area (Å²) in [5, 5.41) is 17.6.